The van der Waals surface area contributed by atoms with Crippen molar-refractivity contribution >= 4 is 24.2 Å². The Kier molecular flexibility index (Phi) is 18.6. The van der Waals surface area contributed by atoms with E-state index in [0.29, 0.717) is 19.5 Å². The van der Waals surface area contributed by atoms with Gasteiger partial charge in [0.15, 0.2) is 0 Å². The summed E-state index contributed by atoms with van der Waals surface area (Å²) in [5, 5.41) is 9.79. The van der Waals surface area contributed by atoms with Gasteiger partial charge in [0.05, 0.1) is 13.1 Å². The monoisotopic (exact) mass is 590 g/mol. The van der Waals surface area contributed by atoms with Crippen LogP contribution in [0.2, 0.25) is 0 Å². The Morgan fingerprint density at radius 1 is 1.02 bits per heavy atom. The second-order valence-electron chi connectivity index (χ2n) is 12.7. The van der Waals surface area contributed by atoms with Gasteiger partial charge in [0.2, 0.25) is 17.7 Å². The molecule has 0 spiro atoms. The van der Waals surface area contributed by atoms with Crippen molar-refractivity contribution < 1.29 is 24.3 Å². The molecule has 0 saturated carbocycles. The molecule has 3 amide bonds. The topological polar surface area (TPSA) is 110 Å². The lowest BCUT2D eigenvalue weighted by molar-refractivity contribution is -0.136. The van der Waals surface area contributed by atoms with E-state index in [1.165, 1.54) is 0 Å². The lowest BCUT2D eigenvalue weighted by Crippen LogP contribution is -2.52. The molecule has 9 heteroatoms. The summed E-state index contributed by atoms with van der Waals surface area (Å²) in [6, 6.07) is 9.99. The molecular formula is C33H58N4O5. The van der Waals surface area contributed by atoms with Crippen molar-refractivity contribution in [3.8, 4) is 0 Å². The zero-order chi connectivity index (χ0) is 32.5. The molecule has 240 valence electrons. The average Bonchev–Trinajstić information content (AvgIpc) is 3.46. The highest BCUT2D eigenvalue weighted by molar-refractivity contribution is 5.86. The van der Waals surface area contributed by atoms with Crippen molar-refractivity contribution in [1.82, 2.24) is 20.0 Å². The van der Waals surface area contributed by atoms with Crippen molar-refractivity contribution in [3.05, 3.63) is 35.9 Å². The van der Waals surface area contributed by atoms with Crippen LogP contribution in [0.3, 0.4) is 0 Å². The number of nitrogens with one attached hydrogen (secondary N) is 1. The molecule has 1 aromatic carbocycles. The zero-order valence-corrected chi connectivity index (χ0v) is 27.9. The lowest BCUT2D eigenvalue weighted by Gasteiger charge is -2.35. The van der Waals surface area contributed by atoms with E-state index in [1.54, 1.807) is 11.9 Å². The number of carbonyl (C=O) groups is 4. The number of nitrogens with zero attached hydrogens (tertiary/aromatic N) is 3. The minimum absolute atomic E-state index is 0.0314. The number of hydrogen-bond donors (Lipinski definition) is 2. The van der Waals surface area contributed by atoms with Gasteiger partial charge in [0, 0.05) is 44.1 Å². The van der Waals surface area contributed by atoms with Crippen LogP contribution in [0, 0.1) is 17.8 Å². The van der Waals surface area contributed by atoms with Crippen LogP contribution in [0.25, 0.3) is 0 Å². The van der Waals surface area contributed by atoms with Crippen molar-refractivity contribution in [3.63, 3.8) is 0 Å². The zero-order valence-electron chi connectivity index (χ0n) is 27.9. The van der Waals surface area contributed by atoms with Crippen molar-refractivity contribution in [2.45, 2.75) is 86.1 Å². The molecular weight excluding hydrogens is 532 g/mol. The maximum atomic E-state index is 13.1. The van der Waals surface area contributed by atoms with Crippen LogP contribution in [0.15, 0.2) is 30.3 Å². The maximum Gasteiger partial charge on any atom is 0.290 e. The third-order valence-electron chi connectivity index (χ3n) is 7.55. The summed E-state index contributed by atoms with van der Waals surface area (Å²) in [4.78, 5) is 52.7. The highest BCUT2D eigenvalue weighted by Gasteiger charge is 2.35. The van der Waals surface area contributed by atoms with E-state index in [0.717, 1.165) is 37.4 Å². The van der Waals surface area contributed by atoms with Gasteiger partial charge in [0.1, 0.15) is 0 Å². The summed E-state index contributed by atoms with van der Waals surface area (Å²) in [6.45, 7) is 19.2. The molecule has 2 atom stereocenters. The predicted molar refractivity (Wildman–Crippen MR) is 170 cm³/mol. The van der Waals surface area contributed by atoms with Gasteiger partial charge in [-0.2, -0.15) is 0 Å². The molecule has 0 aliphatic carbocycles. The van der Waals surface area contributed by atoms with Gasteiger partial charge in [-0.1, -0.05) is 85.7 Å². The van der Waals surface area contributed by atoms with Crippen LogP contribution < -0.4 is 5.32 Å². The van der Waals surface area contributed by atoms with Gasteiger partial charge in [-0.05, 0) is 43.7 Å². The number of likely N-dealkylation sites (tertiary alicyclic amines) is 1. The molecule has 0 radical (unpaired) electrons. The molecule has 1 heterocycles. The van der Waals surface area contributed by atoms with Crippen molar-refractivity contribution in [1.29, 1.82) is 0 Å². The molecule has 2 rings (SSSR count). The van der Waals surface area contributed by atoms with E-state index in [1.807, 2.05) is 54.1 Å². The smallest absolute Gasteiger partial charge is 0.290 e. The van der Waals surface area contributed by atoms with Gasteiger partial charge < -0.3 is 20.2 Å². The SMILES string of the molecule is CC(C)C.CCC(C(=O)NCC(=O)N(C)[C@H](CN(C)CC(=O)N1CCCC1)C(C)C)C(C)(C)c1ccccc1.O=CO. The lowest BCUT2D eigenvalue weighted by atomic mass is 9.71. The van der Waals surface area contributed by atoms with Crippen molar-refractivity contribution in [2.75, 3.05) is 46.8 Å². The fourth-order valence-corrected chi connectivity index (χ4v) is 5.15. The Labute approximate surface area is 255 Å². The number of carbonyl (C=O) groups excluding carboxylic acids is 3. The molecule has 0 aromatic heterocycles. The van der Waals surface area contributed by atoms with Crippen LogP contribution in [0.1, 0.15) is 80.2 Å². The number of likely N-dealkylation sites (N-methyl/N-ethyl adjacent to an activating group) is 2. The Morgan fingerprint density at radius 2 is 1.52 bits per heavy atom. The minimum atomic E-state index is -0.347. The van der Waals surface area contributed by atoms with Gasteiger partial charge in [-0.3, -0.25) is 24.1 Å². The van der Waals surface area contributed by atoms with Gasteiger partial charge in [-0.25, -0.2) is 0 Å². The highest BCUT2D eigenvalue weighted by Crippen LogP contribution is 2.33. The molecule has 1 unspecified atom stereocenters. The van der Waals surface area contributed by atoms with E-state index in [-0.39, 0.29) is 54.0 Å². The number of carboxylic acid groups (broad SMARTS) is 1. The Bertz CT molecular complexity index is 927. The van der Waals surface area contributed by atoms with E-state index >= 15 is 0 Å². The first-order valence-electron chi connectivity index (χ1n) is 15.3. The van der Waals surface area contributed by atoms with Crippen LogP contribution >= 0.6 is 0 Å². The third-order valence-corrected chi connectivity index (χ3v) is 7.55. The van der Waals surface area contributed by atoms with Gasteiger partial charge >= 0.3 is 0 Å². The van der Waals surface area contributed by atoms with E-state index in [4.69, 9.17) is 9.90 Å². The minimum Gasteiger partial charge on any atom is -0.483 e. The first-order chi connectivity index (χ1) is 19.6. The van der Waals surface area contributed by atoms with Crippen LogP contribution in [-0.4, -0.2) is 96.9 Å². The van der Waals surface area contributed by atoms with Crippen LogP contribution in [-0.2, 0) is 24.6 Å². The summed E-state index contributed by atoms with van der Waals surface area (Å²) in [5.41, 5.74) is 0.761. The number of rotatable bonds is 12. The van der Waals surface area contributed by atoms with E-state index in [9.17, 15) is 14.4 Å². The van der Waals surface area contributed by atoms with E-state index in [2.05, 4.69) is 53.8 Å². The molecule has 1 aliphatic heterocycles. The van der Waals surface area contributed by atoms with Crippen LogP contribution in [0.5, 0.6) is 0 Å². The summed E-state index contributed by atoms with van der Waals surface area (Å²) in [5.74, 6) is 0.734. The van der Waals surface area contributed by atoms with Crippen LogP contribution in [0.4, 0.5) is 0 Å². The Balaban J connectivity index is 0.00000216. The predicted octanol–water partition coefficient (Wildman–Crippen LogP) is 4.51. The van der Waals surface area contributed by atoms with E-state index < -0.39 is 0 Å². The average molecular weight is 591 g/mol. The van der Waals surface area contributed by atoms with Gasteiger partial charge in [0.25, 0.3) is 6.47 Å². The fraction of sp³-hybridized carbons (Fsp3) is 0.697. The molecule has 0 bridgehead atoms. The standard InChI is InChI=1S/C28H46N4O3.C4H10.CH2O2/c1-8-23(28(4,5)22-14-10-9-11-15-22)27(35)29-18-25(33)31(7)24(21(2)3)19-30(6)20-26(34)32-16-12-13-17-32;1-4(2)3;2-1-3/h9-11,14-15,21,23-24H,8,12-13,16-20H2,1-7H3,(H,29,35);4H,1-3H3;1H,(H,2,3)/t23?,24-;;/m1../s1. The number of benzene rings is 1. The quantitative estimate of drug-likeness (QED) is 0.347. The molecule has 1 saturated heterocycles. The molecule has 1 aromatic rings. The first-order valence-corrected chi connectivity index (χ1v) is 15.3. The Hall–Kier alpha value is -2.94. The largest absolute Gasteiger partial charge is 0.483 e. The summed E-state index contributed by atoms with van der Waals surface area (Å²) < 4.78 is 0. The number of amides is 3. The summed E-state index contributed by atoms with van der Waals surface area (Å²) >= 11 is 0. The fourth-order valence-electron chi connectivity index (χ4n) is 5.15. The molecule has 2 N–H and O–H groups in total. The summed E-state index contributed by atoms with van der Waals surface area (Å²) in [6.07, 6.45) is 2.84. The molecule has 42 heavy (non-hydrogen) atoms. The molecule has 9 nitrogen and oxygen atoms in total. The first kappa shape index (κ1) is 39.1. The molecule has 1 fully saturated rings. The second kappa shape index (κ2) is 20.1. The Morgan fingerprint density at radius 3 is 1.98 bits per heavy atom. The second-order valence-corrected chi connectivity index (χ2v) is 12.7. The third kappa shape index (κ3) is 13.8. The number of hydrogen-bond acceptors (Lipinski definition) is 5. The van der Waals surface area contributed by atoms with Gasteiger partial charge in [-0.15, -0.1) is 0 Å². The normalized spacial score (nSPS) is 14.4. The highest BCUT2D eigenvalue weighted by atomic mass is 16.3. The maximum absolute atomic E-state index is 13.1. The summed E-state index contributed by atoms with van der Waals surface area (Å²) in [7, 11) is 3.72. The van der Waals surface area contributed by atoms with Crippen molar-refractivity contribution in [2.24, 2.45) is 17.8 Å². The molecule has 1 aliphatic rings.